The van der Waals surface area contributed by atoms with Crippen molar-refractivity contribution in [3.63, 3.8) is 0 Å². The summed E-state index contributed by atoms with van der Waals surface area (Å²) in [4.78, 5) is 11.8. The van der Waals surface area contributed by atoms with Crippen molar-refractivity contribution in [1.29, 1.82) is 0 Å². The minimum Gasteiger partial charge on any atom is -0.504 e. The Morgan fingerprint density at radius 2 is 2.10 bits per heavy atom. The third kappa shape index (κ3) is 3.25. The third-order valence-electron chi connectivity index (χ3n) is 2.78. The van der Waals surface area contributed by atoms with E-state index in [9.17, 15) is 9.90 Å². The first-order chi connectivity index (χ1) is 9.92. The minimum absolute atomic E-state index is 0.0665. The number of benzene rings is 1. The summed E-state index contributed by atoms with van der Waals surface area (Å²) in [5, 5.41) is 14.0. The Morgan fingerprint density at radius 3 is 2.71 bits per heavy atom. The van der Waals surface area contributed by atoms with Crippen LogP contribution in [0, 0.1) is 6.92 Å². The number of ether oxygens (including phenoxy) is 1. The second-order valence-corrected chi connectivity index (χ2v) is 5.31. The number of pyridine rings is 1. The lowest BCUT2D eigenvalue weighted by molar-refractivity contribution is 0.373. The number of rotatable bonds is 3. The van der Waals surface area contributed by atoms with Crippen LogP contribution in [0.25, 0.3) is 0 Å². The van der Waals surface area contributed by atoms with E-state index in [1.54, 1.807) is 25.1 Å². The zero-order chi connectivity index (χ0) is 15.6. The molecule has 0 spiro atoms. The van der Waals surface area contributed by atoms with Crippen molar-refractivity contribution in [2.75, 3.05) is 12.8 Å². The number of phenolic OH excluding ortho intramolecular Hbond substituents is 1. The van der Waals surface area contributed by atoms with Crippen LogP contribution in [0.2, 0.25) is 0 Å². The van der Waals surface area contributed by atoms with E-state index in [1.807, 2.05) is 0 Å². The normalized spacial score (nSPS) is 11.0. The molecule has 2 rings (SSSR count). The van der Waals surface area contributed by atoms with Gasteiger partial charge >= 0.3 is 0 Å². The average Bonchev–Trinajstić information content (AvgIpc) is 2.40. The first-order valence-electron chi connectivity index (χ1n) is 6.02. The van der Waals surface area contributed by atoms with Gasteiger partial charge in [-0.25, -0.2) is 0 Å². The Balaban J connectivity index is 2.48. The van der Waals surface area contributed by atoms with Crippen molar-refractivity contribution in [2.24, 2.45) is 5.10 Å². The van der Waals surface area contributed by atoms with Gasteiger partial charge in [-0.05, 0) is 30.7 Å². The molecule has 1 aromatic heterocycles. The summed E-state index contributed by atoms with van der Waals surface area (Å²) in [5.41, 5.74) is 6.58. The fourth-order valence-corrected chi connectivity index (χ4v) is 2.27. The second kappa shape index (κ2) is 6.01. The fourth-order valence-electron chi connectivity index (χ4n) is 1.81. The molecule has 2 aromatic rings. The molecule has 0 fully saturated rings. The minimum atomic E-state index is -0.342. The monoisotopic (exact) mass is 351 g/mol. The molecule has 0 saturated carbocycles. The fraction of sp³-hybridized carbons (Fsp3) is 0.143. The van der Waals surface area contributed by atoms with Gasteiger partial charge in [0, 0.05) is 16.1 Å². The number of hydrogen-bond donors (Lipinski definition) is 2. The van der Waals surface area contributed by atoms with Crippen LogP contribution >= 0.6 is 15.9 Å². The number of aryl methyl sites for hydroxylation is 1. The zero-order valence-corrected chi connectivity index (χ0v) is 13.1. The smallest absolute Gasteiger partial charge is 0.273 e. The predicted octanol–water partition coefficient (Wildman–Crippen LogP) is 2.10. The van der Waals surface area contributed by atoms with Crippen molar-refractivity contribution < 1.29 is 9.84 Å². The molecule has 0 atom stereocenters. The molecule has 0 bridgehead atoms. The molecule has 0 unspecified atom stereocenters. The van der Waals surface area contributed by atoms with Crippen LogP contribution in [0.15, 0.2) is 38.6 Å². The molecule has 6 nitrogen and oxygen atoms in total. The number of aromatic hydroxyl groups is 1. The van der Waals surface area contributed by atoms with E-state index in [0.717, 1.165) is 10.2 Å². The van der Waals surface area contributed by atoms with Crippen molar-refractivity contribution in [3.05, 3.63) is 50.2 Å². The molecule has 3 N–H and O–H groups in total. The van der Waals surface area contributed by atoms with E-state index in [2.05, 4.69) is 21.0 Å². The summed E-state index contributed by atoms with van der Waals surface area (Å²) in [6.45, 7) is 1.77. The number of nitrogens with two attached hydrogens (primary N) is 1. The Kier molecular flexibility index (Phi) is 4.32. The summed E-state index contributed by atoms with van der Waals surface area (Å²) in [7, 11) is 1.45. The molecule has 0 radical (unpaired) electrons. The number of hydrogen-bond acceptors (Lipinski definition) is 5. The van der Waals surface area contributed by atoms with E-state index in [0.29, 0.717) is 15.8 Å². The van der Waals surface area contributed by atoms with Gasteiger partial charge in [-0.1, -0.05) is 15.9 Å². The van der Waals surface area contributed by atoms with E-state index in [4.69, 9.17) is 10.5 Å². The van der Waals surface area contributed by atoms with Gasteiger partial charge in [0.2, 0.25) is 0 Å². The Hall–Kier alpha value is -2.28. The van der Waals surface area contributed by atoms with Crippen molar-refractivity contribution in [2.45, 2.75) is 6.92 Å². The highest BCUT2D eigenvalue weighted by atomic mass is 79.9. The Labute approximate surface area is 129 Å². The maximum atomic E-state index is 11.8. The number of nitrogen functional groups attached to an aromatic ring is 1. The van der Waals surface area contributed by atoms with Crippen LogP contribution in [-0.4, -0.2) is 23.1 Å². The van der Waals surface area contributed by atoms with E-state index >= 15 is 0 Å². The standard InChI is InChI=1S/C14H14BrN3O3/c1-8-3-12(16)18(13(19)4-8)17-7-9-5-10(15)6-11(21-2)14(9)20/h3-7,20H,16H2,1-2H3/b17-7+. The molecule has 0 saturated heterocycles. The lowest BCUT2D eigenvalue weighted by Crippen LogP contribution is -2.19. The van der Waals surface area contributed by atoms with Gasteiger partial charge < -0.3 is 15.6 Å². The van der Waals surface area contributed by atoms with Crippen LogP contribution in [0.1, 0.15) is 11.1 Å². The lowest BCUT2D eigenvalue weighted by atomic mass is 10.2. The molecule has 0 aliphatic heterocycles. The summed E-state index contributed by atoms with van der Waals surface area (Å²) >= 11 is 3.31. The molecule has 110 valence electrons. The maximum Gasteiger partial charge on any atom is 0.273 e. The average molecular weight is 352 g/mol. The highest BCUT2D eigenvalue weighted by Crippen LogP contribution is 2.32. The molecular weight excluding hydrogens is 338 g/mol. The Morgan fingerprint density at radius 1 is 1.38 bits per heavy atom. The van der Waals surface area contributed by atoms with Crippen LogP contribution in [-0.2, 0) is 0 Å². The largest absolute Gasteiger partial charge is 0.504 e. The van der Waals surface area contributed by atoms with Gasteiger partial charge in [-0.2, -0.15) is 9.78 Å². The van der Waals surface area contributed by atoms with Crippen LogP contribution in [0.4, 0.5) is 5.82 Å². The van der Waals surface area contributed by atoms with Gasteiger partial charge in [0.1, 0.15) is 5.82 Å². The highest BCUT2D eigenvalue weighted by molar-refractivity contribution is 9.10. The molecular formula is C14H14BrN3O3. The summed E-state index contributed by atoms with van der Waals surface area (Å²) in [6.07, 6.45) is 1.34. The van der Waals surface area contributed by atoms with Crippen LogP contribution in [0.3, 0.4) is 0 Å². The topological polar surface area (TPSA) is 89.8 Å². The molecule has 1 aromatic carbocycles. The van der Waals surface area contributed by atoms with E-state index in [-0.39, 0.29) is 17.1 Å². The summed E-state index contributed by atoms with van der Waals surface area (Å²) in [6, 6.07) is 6.34. The van der Waals surface area contributed by atoms with E-state index < -0.39 is 0 Å². The first kappa shape index (κ1) is 15.1. The highest BCUT2D eigenvalue weighted by Gasteiger charge is 2.08. The molecule has 0 aliphatic carbocycles. The third-order valence-corrected chi connectivity index (χ3v) is 3.24. The lowest BCUT2D eigenvalue weighted by Gasteiger charge is -2.07. The number of halogens is 1. The number of aromatic nitrogens is 1. The maximum absolute atomic E-state index is 11.8. The van der Waals surface area contributed by atoms with Gasteiger partial charge in [0.05, 0.1) is 13.3 Å². The number of anilines is 1. The van der Waals surface area contributed by atoms with E-state index in [1.165, 1.54) is 19.4 Å². The first-order valence-corrected chi connectivity index (χ1v) is 6.81. The van der Waals surface area contributed by atoms with Crippen molar-refractivity contribution in [3.8, 4) is 11.5 Å². The second-order valence-electron chi connectivity index (χ2n) is 4.40. The van der Waals surface area contributed by atoms with Crippen molar-refractivity contribution >= 4 is 28.0 Å². The summed E-state index contributed by atoms with van der Waals surface area (Å²) < 4.78 is 6.81. The van der Waals surface area contributed by atoms with Crippen LogP contribution < -0.4 is 16.0 Å². The van der Waals surface area contributed by atoms with Gasteiger partial charge in [0.25, 0.3) is 5.56 Å². The molecule has 1 heterocycles. The predicted molar refractivity (Wildman–Crippen MR) is 85.2 cm³/mol. The zero-order valence-electron chi connectivity index (χ0n) is 11.5. The SMILES string of the molecule is COc1cc(Br)cc(/C=N/n2c(N)cc(C)cc2=O)c1O. The van der Waals surface area contributed by atoms with Crippen LogP contribution in [0.5, 0.6) is 11.5 Å². The van der Waals surface area contributed by atoms with Gasteiger partial charge in [-0.3, -0.25) is 4.79 Å². The quantitative estimate of drug-likeness (QED) is 0.828. The molecule has 0 aliphatic rings. The number of nitrogens with zero attached hydrogens (tertiary/aromatic N) is 2. The number of phenols is 1. The molecule has 21 heavy (non-hydrogen) atoms. The summed E-state index contributed by atoms with van der Waals surface area (Å²) in [5.74, 6) is 0.455. The molecule has 0 amide bonds. The number of methoxy groups -OCH3 is 1. The molecule has 7 heteroatoms. The van der Waals surface area contributed by atoms with Gasteiger partial charge in [0.15, 0.2) is 11.5 Å². The Bertz CT molecular complexity index is 769. The van der Waals surface area contributed by atoms with Gasteiger partial charge in [-0.15, -0.1) is 0 Å². The van der Waals surface area contributed by atoms with Crippen molar-refractivity contribution in [1.82, 2.24) is 4.68 Å².